The van der Waals surface area contributed by atoms with Crippen LogP contribution in [0.4, 0.5) is 0 Å². The summed E-state index contributed by atoms with van der Waals surface area (Å²) in [4.78, 5) is 22.1. The number of carbonyl (C=O) groups is 2. The maximum absolute atomic E-state index is 11.3. The molecule has 0 saturated carbocycles. The van der Waals surface area contributed by atoms with Crippen LogP contribution in [0.2, 0.25) is 0 Å². The zero-order chi connectivity index (χ0) is 12.4. The molecule has 94 valence electrons. The summed E-state index contributed by atoms with van der Waals surface area (Å²) >= 11 is 1.54. The van der Waals surface area contributed by atoms with E-state index in [2.05, 4.69) is 0 Å². The molecule has 0 rings (SSSR count). The molecular weight excluding hydrogens is 228 g/mol. The zero-order valence-electron chi connectivity index (χ0n) is 9.90. The maximum Gasteiger partial charge on any atom is 0.345 e. The maximum atomic E-state index is 11.3. The number of esters is 1. The molecular formula is C11H20O4S. The van der Waals surface area contributed by atoms with E-state index >= 15 is 0 Å². The number of unbranched alkanes of at least 4 members (excludes halogenated alkanes) is 2. The van der Waals surface area contributed by atoms with Crippen molar-refractivity contribution in [2.45, 2.75) is 45.1 Å². The van der Waals surface area contributed by atoms with Crippen molar-refractivity contribution in [1.82, 2.24) is 0 Å². The molecule has 1 N–H and O–H groups in total. The molecule has 5 heteroatoms. The van der Waals surface area contributed by atoms with Crippen molar-refractivity contribution in [2.24, 2.45) is 0 Å². The second kappa shape index (κ2) is 9.51. The topological polar surface area (TPSA) is 63.6 Å². The molecule has 0 fully saturated rings. The Hall–Kier alpha value is -0.710. The Bertz CT molecular complexity index is 218. The first-order valence-electron chi connectivity index (χ1n) is 5.53. The SMILES string of the molecule is CCCCCC(=O)OC(CCSC)C(=O)O. The molecule has 4 nitrogen and oxygen atoms in total. The van der Waals surface area contributed by atoms with Gasteiger partial charge in [-0.05, 0) is 18.4 Å². The van der Waals surface area contributed by atoms with Gasteiger partial charge in [0.25, 0.3) is 0 Å². The third kappa shape index (κ3) is 7.56. The minimum Gasteiger partial charge on any atom is -0.479 e. The first kappa shape index (κ1) is 15.3. The highest BCUT2D eigenvalue weighted by Crippen LogP contribution is 2.08. The van der Waals surface area contributed by atoms with Gasteiger partial charge in [0, 0.05) is 12.8 Å². The zero-order valence-corrected chi connectivity index (χ0v) is 10.7. The molecule has 0 amide bonds. The molecule has 1 atom stereocenters. The number of hydrogen-bond donors (Lipinski definition) is 1. The Morgan fingerprint density at radius 2 is 2.06 bits per heavy atom. The van der Waals surface area contributed by atoms with Gasteiger partial charge in [0.1, 0.15) is 0 Å². The van der Waals surface area contributed by atoms with E-state index in [-0.39, 0.29) is 0 Å². The largest absolute Gasteiger partial charge is 0.479 e. The van der Waals surface area contributed by atoms with E-state index in [0.29, 0.717) is 18.6 Å². The van der Waals surface area contributed by atoms with E-state index in [9.17, 15) is 9.59 Å². The lowest BCUT2D eigenvalue weighted by atomic mass is 10.2. The smallest absolute Gasteiger partial charge is 0.345 e. The number of ether oxygens (including phenoxy) is 1. The van der Waals surface area contributed by atoms with E-state index in [1.54, 1.807) is 11.8 Å². The molecule has 0 aliphatic heterocycles. The highest BCUT2D eigenvalue weighted by atomic mass is 32.2. The van der Waals surface area contributed by atoms with Crippen LogP contribution in [-0.4, -0.2) is 35.2 Å². The monoisotopic (exact) mass is 248 g/mol. The Kier molecular flexibility index (Phi) is 9.09. The lowest BCUT2D eigenvalue weighted by Crippen LogP contribution is -2.27. The van der Waals surface area contributed by atoms with Gasteiger partial charge in [-0.15, -0.1) is 0 Å². The fourth-order valence-corrected chi connectivity index (χ4v) is 1.64. The number of carbonyl (C=O) groups excluding carboxylic acids is 1. The second-order valence-corrected chi connectivity index (χ2v) is 4.54. The summed E-state index contributed by atoms with van der Waals surface area (Å²) < 4.78 is 4.91. The number of aliphatic carboxylic acids is 1. The first-order valence-corrected chi connectivity index (χ1v) is 6.92. The van der Waals surface area contributed by atoms with Crippen LogP contribution in [0.15, 0.2) is 0 Å². The van der Waals surface area contributed by atoms with Crippen LogP contribution in [0.5, 0.6) is 0 Å². The van der Waals surface area contributed by atoms with Crippen LogP contribution in [0, 0.1) is 0 Å². The van der Waals surface area contributed by atoms with E-state index in [0.717, 1.165) is 19.3 Å². The summed E-state index contributed by atoms with van der Waals surface area (Å²) in [5.74, 6) is -0.779. The van der Waals surface area contributed by atoms with Crippen LogP contribution in [0.1, 0.15) is 39.0 Å². The molecule has 0 aliphatic carbocycles. The number of carboxylic acids is 1. The van der Waals surface area contributed by atoms with E-state index in [1.165, 1.54) is 0 Å². The van der Waals surface area contributed by atoms with Crippen molar-refractivity contribution in [3.63, 3.8) is 0 Å². The van der Waals surface area contributed by atoms with Gasteiger partial charge in [-0.1, -0.05) is 19.8 Å². The Morgan fingerprint density at radius 3 is 2.56 bits per heavy atom. The van der Waals surface area contributed by atoms with Crippen LogP contribution in [0.3, 0.4) is 0 Å². The predicted molar refractivity (Wildman–Crippen MR) is 64.7 cm³/mol. The van der Waals surface area contributed by atoms with E-state index < -0.39 is 18.0 Å². The van der Waals surface area contributed by atoms with Gasteiger partial charge in [-0.2, -0.15) is 11.8 Å². The Balaban J connectivity index is 3.88. The Morgan fingerprint density at radius 1 is 1.38 bits per heavy atom. The van der Waals surface area contributed by atoms with Gasteiger partial charge in [-0.3, -0.25) is 4.79 Å². The van der Waals surface area contributed by atoms with Crippen molar-refractivity contribution in [3.05, 3.63) is 0 Å². The minimum atomic E-state index is -1.06. The van der Waals surface area contributed by atoms with Crippen molar-refractivity contribution in [3.8, 4) is 0 Å². The molecule has 16 heavy (non-hydrogen) atoms. The number of carboxylic acid groups (broad SMARTS) is 1. The van der Waals surface area contributed by atoms with Crippen molar-refractivity contribution < 1.29 is 19.4 Å². The van der Waals surface area contributed by atoms with Crippen molar-refractivity contribution >= 4 is 23.7 Å². The summed E-state index contributed by atoms with van der Waals surface area (Å²) in [6, 6.07) is 0. The summed E-state index contributed by atoms with van der Waals surface area (Å²) in [6.45, 7) is 2.05. The van der Waals surface area contributed by atoms with Gasteiger partial charge in [0.05, 0.1) is 0 Å². The first-order chi connectivity index (χ1) is 7.61. The van der Waals surface area contributed by atoms with Crippen LogP contribution in [-0.2, 0) is 14.3 Å². The van der Waals surface area contributed by atoms with Crippen LogP contribution < -0.4 is 0 Å². The third-order valence-corrected chi connectivity index (χ3v) is 2.76. The van der Waals surface area contributed by atoms with Gasteiger partial charge in [-0.25, -0.2) is 4.79 Å². The summed E-state index contributed by atoms with van der Waals surface area (Å²) in [7, 11) is 0. The van der Waals surface area contributed by atoms with Crippen LogP contribution in [0.25, 0.3) is 0 Å². The molecule has 0 aromatic carbocycles. The lowest BCUT2D eigenvalue weighted by Gasteiger charge is -2.12. The third-order valence-electron chi connectivity index (χ3n) is 2.12. The predicted octanol–water partition coefficient (Wildman–Crippen LogP) is 2.32. The minimum absolute atomic E-state index is 0.316. The molecule has 0 bridgehead atoms. The molecule has 0 spiro atoms. The highest BCUT2D eigenvalue weighted by molar-refractivity contribution is 7.98. The molecule has 0 aromatic rings. The molecule has 0 saturated heterocycles. The average Bonchev–Trinajstić information content (AvgIpc) is 2.24. The standard InChI is InChI=1S/C11H20O4S/c1-3-4-5-6-10(12)15-9(11(13)14)7-8-16-2/h9H,3-8H2,1-2H3,(H,13,14). The summed E-state index contributed by atoms with van der Waals surface area (Å²) in [6.07, 6.45) is 4.36. The highest BCUT2D eigenvalue weighted by Gasteiger charge is 2.21. The van der Waals surface area contributed by atoms with E-state index in [4.69, 9.17) is 9.84 Å². The lowest BCUT2D eigenvalue weighted by molar-refractivity contribution is -0.164. The molecule has 1 unspecified atom stereocenters. The average molecular weight is 248 g/mol. The summed E-state index contributed by atoms with van der Waals surface area (Å²) in [5, 5.41) is 8.83. The molecule has 0 heterocycles. The van der Waals surface area contributed by atoms with Crippen molar-refractivity contribution in [2.75, 3.05) is 12.0 Å². The number of hydrogen-bond acceptors (Lipinski definition) is 4. The van der Waals surface area contributed by atoms with Gasteiger partial charge in [0.2, 0.25) is 0 Å². The number of thioether (sulfide) groups is 1. The molecule has 0 radical (unpaired) electrons. The van der Waals surface area contributed by atoms with Gasteiger partial charge >= 0.3 is 11.9 Å². The number of rotatable bonds is 9. The molecule has 0 aromatic heterocycles. The van der Waals surface area contributed by atoms with Gasteiger partial charge in [0.15, 0.2) is 6.10 Å². The van der Waals surface area contributed by atoms with E-state index in [1.807, 2.05) is 13.2 Å². The Labute approximate surface area is 101 Å². The normalized spacial score (nSPS) is 12.1. The van der Waals surface area contributed by atoms with Gasteiger partial charge < -0.3 is 9.84 Å². The van der Waals surface area contributed by atoms with Crippen LogP contribution >= 0.6 is 11.8 Å². The summed E-state index contributed by atoms with van der Waals surface area (Å²) in [5.41, 5.74) is 0. The second-order valence-electron chi connectivity index (χ2n) is 3.56. The molecule has 0 aliphatic rings. The fourth-order valence-electron chi connectivity index (χ4n) is 1.19. The quantitative estimate of drug-likeness (QED) is 0.501. The fraction of sp³-hybridized carbons (Fsp3) is 0.818. The van der Waals surface area contributed by atoms with Crippen molar-refractivity contribution in [1.29, 1.82) is 0 Å².